The van der Waals surface area contributed by atoms with Gasteiger partial charge in [0.2, 0.25) is 0 Å². The van der Waals surface area contributed by atoms with E-state index in [2.05, 4.69) is 5.16 Å². The van der Waals surface area contributed by atoms with Crippen LogP contribution in [0.5, 0.6) is 0 Å². The second-order valence-electron chi connectivity index (χ2n) is 6.10. The lowest BCUT2D eigenvalue weighted by Crippen LogP contribution is -2.32. The standard InChI is InChI=1S/C17H27NO4/c1-3-6-14(18-22-4-2)17-15(19)9-13(10-16(17)20)12-7-5-8-21-11-12/h12-13,19H,3-11H2,1-2H3/b18-14+. The molecule has 1 saturated heterocycles. The number of Topliss-reactive ketones (excluding diaryl/α,β-unsaturated/α-hetero) is 1. The van der Waals surface area contributed by atoms with Crippen molar-refractivity contribution in [1.82, 2.24) is 0 Å². The van der Waals surface area contributed by atoms with Crippen molar-refractivity contribution in [2.75, 3.05) is 19.8 Å². The first kappa shape index (κ1) is 17.0. The van der Waals surface area contributed by atoms with Crippen LogP contribution in [-0.4, -0.2) is 36.4 Å². The van der Waals surface area contributed by atoms with Crippen molar-refractivity contribution in [3.63, 3.8) is 0 Å². The van der Waals surface area contributed by atoms with Crippen molar-refractivity contribution in [1.29, 1.82) is 0 Å². The number of carbonyl (C=O) groups is 1. The van der Waals surface area contributed by atoms with Crippen LogP contribution in [0, 0.1) is 11.8 Å². The van der Waals surface area contributed by atoms with Crippen LogP contribution < -0.4 is 0 Å². The molecule has 1 heterocycles. The van der Waals surface area contributed by atoms with E-state index in [9.17, 15) is 9.90 Å². The number of ether oxygens (including phenoxy) is 1. The number of nitrogens with zero attached hydrogens (tertiary/aromatic N) is 1. The van der Waals surface area contributed by atoms with Crippen molar-refractivity contribution in [2.24, 2.45) is 17.0 Å². The first-order valence-corrected chi connectivity index (χ1v) is 8.39. The third kappa shape index (κ3) is 4.09. The van der Waals surface area contributed by atoms with Crippen LogP contribution in [0.2, 0.25) is 0 Å². The zero-order valence-electron chi connectivity index (χ0n) is 13.6. The summed E-state index contributed by atoms with van der Waals surface area (Å²) in [4.78, 5) is 17.7. The molecule has 5 nitrogen and oxygen atoms in total. The first-order chi connectivity index (χ1) is 10.7. The molecular weight excluding hydrogens is 282 g/mol. The van der Waals surface area contributed by atoms with Crippen LogP contribution in [0.1, 0.15) is 52.4 Å². The van der Waals surface area contributed by atoms with E-state index in [1.54, 1.807) is 0 Å². The first-order valence-electron chi connectivity index (χ1n) is 8.39. The van der Waals surface area contributed by atoms with Gasteiger partial charge in [-0.15, -0.1) is 0 Å². The van der Waals surface area contributed by atoms with E-state index in [1.165, 1.54) is 0 Å². The lowest BCUT2D eigenvalue weighted by Gasteiger charge is -2.32. The third-order valence-electron chi connectivity index (χ3n) is 4.41. The molecule has 1 N–H and O–H groups in total. The van der Waals surface area contributed by atoms with Crippen LogP contribution in [-0.2, 0) is 14.4 Å². The van der Waals surface area contributed by atoms with Gasteiger partial charge in [0.15, 0.2) is 5.78 Å². The lowest BCUT2D eigenvalue weighted by molar-refractivity contribution is -0.117. The zero-order valence-corrected chi connectivity index (χ0v) is 13.6. The van der Waals surface area contributed by atoms with Crippen LogP contribution in [0.3, 0.4) is 0 Å². The average molecular weight is 309 g/mol. The fourth-order valence-corrected chi connectivity index (χ4v) is 3.32. The van der Waals surface area contributed by atoms with Crippen LogP contribution in [0.25, 0.3) is 0 Å². The van der Waals surface area contributed by atoms with Crippen LogP contribution >= 0.6 is 0 Å². The summed E-state index contributed by atoms with van der Waals surface area (Å²) >= 11 is 0. The molecule has 124 valence electrons. The van der Waals surface area contributed by atoms with E-state index >= 15 is 0 Å². The average Bonchev–Trinajstić information content (AvgIpc) is 2.52. The molecule has 2 unspecified atom stereocenters. The monoisotopic (exact) mass is 309 g/mol. The highest BCUT2D eigenvalue weighted by Crippen LogP contribution is 2.35. The molecule has 0 saturated carbocycles. The maximum absolute atomic E-state index is 12.5. The van der Waals surface area contributed by atoms with E-state index in [-0.39, 0.29) is 17.5 Å². The Balaban J connectivity index is 2.15. The minimum absolute atomic E-state index is 0.00812. The molecule has 5 heteroatoms. The van der Waals surface area contributed by atoms with Gasteiger partial charge in [-0.3, -0.25) is 4.79 Å². The van der Waals surface area contributed by atoms with Gasteiger partial charge in [-0.1, -0.05) is 18.5 Å². The van der Waals surface area contributed by atoms with Gasteiger partial charge in [-0.05, 0) is 38.0 Å². The Morgan fingerprint density at radius 3 is 2.77 bits per heavy atom. The van der Waals surface area contributed by atoms with E-state index in [1.807, 2.05) is 13.8 Å². The van der Waals surface area contributed by atoms with Crippen molar-refractivity contribution in [2.45, 2.75) is 52.4 Å². The van der Waals surface area contributed by atoms with Gasteiger partial charge in [-0.25, -0.2) is 0 Å². The zero-order chi connectivity index (χ0) is 15.9. The number of hydrogen-bond donors (Lipinski definition) is 1. The van der Waals surface area contributed by atoms with Crippen LogP contribution in [0.15, 0.2) is 16.5 Å². The van der Waals surface area contributed by atoms with Gasteiger partial charge in [0.05, 0.1) is 11.3 Å². The highest BCUT2D eigenvalue weighted by molar-refractivity contribution is 6.23. The number of ketones is 1. The Bertz CT molecular complexity index is 450. The summed E-state index contributed by atoms with van der Waals surface area (Å²) < 4.78 is 5.52. The van der Waals surface area contributed by atoms with Crippen molar-refractivity contribution >= 4 is 11.5 Å². The molecule has 0 aromatic heterocycles. The molecule has 0 aromatic rings. The molecule has 1 fully saturated rings. The molecule has 1 aliphatic carbocycles. The van der Waals surface area contributed by atoms with Gasteiger partial charge < -0.3 is 14.7 Å². The van der Waals surface area contributed by atoms with Gasteiger partial charge in [0.25, 0.3) is 0 Å². The molecule has 0 spiro atoms. The number of hydrogen-bond acceptors (Lipinski definition) is 5. The summed E-state index contributed by atoms with van der Waals surface area (Å²) in [6.07, 6.45) is 4.64. The van der Waals surface area contributed by atoms with Crippen LogP contribution in [0.4, 0.5) is 0 Å². The number of aliphatic hydroxyl groups is 1. The minimum atomic E-state index is -0.00812. The quantitative estimate of drug-likeness (QED) is 0.603. The fourth-order valence-electron chi connectivity index (χ4n) is 3.32. The predicted octanol–water partition coefficient (Wildman–Crippen LogP) is 3.40. The number of oxime groups is 1. The van der Waals surface area contributed by atoms with E-state index in [4.69, 9.17) is 9.57 Å². The van der Waals surface area contributed by atoms with Crippen molar-refractivity contribution in [3.8, 4) is 0 Å². The summed E-state index contributed by atoms with van der Waals surface area (Å²) in [5, 5.41) is 14.5. The molecular formula is C17H27NO4. The Hall–Kier alpha value is -1.36. The molecule has 22 heavy (non-hydrogen) atoms. The summed E-state index contributed by atoms with van der Waals surface area (Å²) in [5.74, 6) is 0.733. The Kier molecular flexibility index (Phi) is 6.43. The molecule has 0 amide bonds. The van der Waals surface area contributed by atoms with Gasteiger partial charge in [0, 0.05) is 26.1 Å². The smallest absolute Gasteiger partial charge is 0.168 e. The Labute approximate surface area is 132 Å². The number of rotatable bonds is 6. The SMILES string of the molecule is CCC/C(=N\OCC)C1=C(O)CC(C2CCCOC2)CC1=O. The maximum atomic E-state index is 12.5. The molecule has 2 atom stereocenters. The van der Waals surface area contributed by atoms with Gasteiger partial charge in [-0.2, -0.15) is 0 Å². The summed E-state index contributed by atoms with van der Waals surface area (Å²) in [6.45, 7) is 5.84. The molecule has 1 aliphatic heterocycles. The summed E-state index contributed by atoms with van der Waals surface area (Å²) in [6, 6.07) is 0. The van der Waals surface area contributed by atoms with Gasteiger partial charge >= 0.3 is 0 Å². The van der Waals surface area contributed by atoms with E-state index in [0.29, 0.717) is 49.7 Å². The largest absolute Gasteiger partial charge is 0.511 e. The highest BCUT2D eigenvalue weighted by atomic mass is 16.6. The maximum Gasteiger partial charge on any atom is 0.168 e. The normalized spacial score (nSPS) is 27.2. The molecule has 2 rings (SSSR count). The topological polar surface area (TPSA) is 68.1 Å². The van der Waals surface area contributed by atoms with E-state index < -0.39 is 0 Å². The minimum Gasteiger partial charge on any atom is -0.511 e. The number of carbonyl (C=O) groups excluding carboxylic acids is 1. The molecule has 0 radical (unpaired) electrons. The number of allylic oxidation sites excluding steroid dienone is 2. The second kappa shape index (κ2) is 8.32. The number of aliphatic hydroxyl groups excluding tert-OH is 1. The Morgan fingerprint density at radius 1 is 1.36 bits per heavy atom. The Morgan fingerprint density at radius 2 is 2.18 bits per heavy atom. The highest BCUT2D eigenvalue weighted by Gasteiger charge is 2.35. The van der Waals surface area contributed by atoms with Crippen molar-refractivity contribution in [3.05, 3.63) is 11.3 Å². The van der Waals surface area contributed by atoms with E-state index in [0.717, 1.165) is 25.9 Å². The van der Waals surface area contributed by atoms with Gasteiger partial charge in [0.1, 0.15) is 12.4 Å². The predicted molar refractivity (Wildman–Crippen MR) is 84.9 cm³/mol. The third-order valence-corrected chi connectivity index (χ3v) is 4.41. The summed E-state index contributed by atoms with van der Waals surface area (Å²) in [7, 11) is 0. The molecule has 0 bridgehead atoms. The van der Waals surface area contributed by atoms with Crippen molar-refractivity contribution < 1.29 is 19.5 Å². The second-order valence-corrected chi connectivity index (χ2v) is 6.10. The fraction of sp³-hybridized carbons (Fsp3) is 0.765. The molecule has 0 aromatic carbocycles. The molecule has 2 aliphatic rings. The lowest BCUT2D eigenvalue weighted by atomic mass is 9.76. The summed E-state index contributed by atoms with van der Waals surface area (Å²) in [5.41, 5.74) is 0.980.